The lowest BCUT2D eigenvalue weighted by molar-refractivity contribution is 0.0914. The summed E-state index contributed by atoms with van der Waals surface area (Å²) in [5.74, 6) is 0.201. The standard InChI is InChI=1S/C17H22N4O/c1-11-6-7-13(12(2)10-11)19-16-18-9-8-14(20-16)15(22)21-17(3,4)5/h6-10H,1-5H3,(H,21,22)(H,18,19,20). The van der Waals surface area contributed by atoms with Gasteiger partial charge in [0.2, 0.25) is 5.95 Å². The zero-order valence-corrected chi connectivity index (χ0v) is 13.7. The number of amides is 1. The second kappa shape index (κ2) is 6.13. The van der Waals surface area contributed by atoms with E-state index in [1.807, 2.05) is 46.8 Å². The Morgan fingerprint density at radius 3 is 2.50 bits per heavy atom. The summed E-state index contributed by atoms with van der Waals surface area (Å²) in [4.78, 5) is 20.6. The van der Waals surface area contributed by atoms with Gasteiger partial charge in [-0.1, -0.05) is 17.7 Å². The maximum absolute atomic E-state index is 12.1. The van der Waals surface area contributed by atoms with Crippen LogP contribution in [0.3, 0.4) is 0 Å². The number of anilines is 2. The Morgan fingerprint density at radius 2 is 1.86 bits per heavy atom. The molecule has 1 aromatic carbocycles. The molecular weight excluding hydrogens is 276 g/mol. The predicted molar refractivity (Wildman–Crippen MR) is 88.4 cm³/mol. The predicted octanol–water partition coefficient (Wildman–Crippen LogP) is 3.37. The molecule has 0 aliphatic rings. The van der Waals surface area contributed by atoms with Crippen LogP contribution in [0.15, 0.2) is 30.5 Å². The Morgan fingerprint density at radius 1 is 1.14 bits per heavy atom. The number of carbonyl (C=O) groups is 1. The topological polar surface area (TPSA) is 66.9 Å². The average molecular weight is 298 g/mol. The quantitative estimate of drug-likeness (QED) is 0.911. The van der Waals surface area contributed by atoms with Crippen LogP contribution in [0.1, 0.15) is 42.4 Å². The summed E-state index contributed by atoms with van der Waals surface area (Å²) >= 11 is 0. The Hall–Kier alpha value is -2.43. The molecule has 1 aromatic heterocycles. The van der Waals surface area contributed by atoms with Gasteiger partial charge in [-0.05, 0) is 52.3 Å². The van der Waals surface area contributed by atoms with Gasteiger partial charge in [0, 0.05) is 17.4 Å². The highest BCUT2D eigenvalue weighted by atomic mass is 16.2. The first-order valence-electron chi connectivity index (χ1n) is 7.24. The number of rotatable bonds is 3. The van der Waals surface area contributed by atoms with Crippen molar-refractivity contribution in [1.82, 2.24) is 15.3 Å². The van der Waals surface area contributed by atoms with E-state index in [4.69, 9.17) is 0 Å². The number of nitrogens with one attached hydrogen (secondary N) is 2. The van der Waals surface area contributed by atoms with Gasteiger partial charge < -0.3 is 10.6 Å². The molecule has 5 nitrogen and oxygen atoms in total. The second-order valence-corrected chi connectivity index (χ2v) is 6.41. The molecule has 0 aliphatic carbocycles. The van der Waals surface area contributed by atoms with Crippen LogP contribution in [0.5, 0.6) is 0 Å². The van der Waals surface area contributed by atoms with Gasteiger partial charge in [0.15, 0.2) is 0 Å². The fourth-order valence-corrected chi connectivity index (χ4v) is 2.02. The summed E-state index contributed by atoms with van der Waals surface area (Å²) in [5, 5.41) is 6.04. The summed E-state index contributed by atoms with van der Waals surface area (Å²) < 4.78 is 0. The normalized spacial score (nSPS) is 11.1. The lowest BCUT2D eigenvalue weighted by atomic mass is 10.1. The van der Waals surface area contributed by atoms with Crippen molar-refractivity contribution < 1.29 is 4.79 Å². The van der Waals surface area contributed by atoms with Gasteiger partial charge in [0.1, 0.15) is 5.69 Å². The van der Waals surface area contributed by atoms with Gasteiger partial charge in [-0.3, -0.25) is 4.79 Å². The molecule has 116 valence electrons. The van der Waals surface area contributed by atoms with Crippen LogP contribution in [0.25, 0.3) is 0 Å². The van der Waals surface area contributed by atoms with Crippen molar-refractivity contribution in [3.05, 3.63) is 47.3 Å². The third-order valence-corrected chi connectivity index (χ3v) is 3.01. The van der Waals surface area contributed by atoms with Gasteiger partial charge >= 0.3 is 0 Å². The molecule has 1 heterocycles. The highest BCUT2D eigenvalue weighted by Gasteiger charge is 2.16. The first kappa shape index (κ1) is 15.9. The summed E-state index contributed by atoms with van der Waals surface area (Å²) in [6.45, 7) is 9.86. The molecule has 2 rings (SSSR count). The molecule has 0 unspecified atom stereocenters. The van der Waals surface area contributed by atoms with Gasteiger partial charge in [0.05, 0.1) is 0 Å². The van der Waals surface area contributed by atoms with Crippen LogP contribution < -0.4 is 10.6 Å². The number of hydrogen-bond donors (Lipinski definition) is 2. The number of aromatic nitrogens is 2. The molecule has 0 spiro atoms. The Balaban J connectivity index is 2.20. The van der Waals surface area contributed by atoms with Gasteiger partial charge in [0.25, 0.3) is 5.91 Å². The zero-order chi connectivity index (χ0) is 16.3. The van der Waals surface area contributed by atoms with E-state index in [2.05, 4.69) is 26.7 Å². The minimum atomic E-state index is -0.302. The fraction of sp³-hybridized carbons (Fsp3) is 0.353. The average Bonchev–Trinajstić information content (AvgIpc) is 2.40. The molecule has 0 saturated heterocycles. The van der Waals surface area contributed by atoms with Crippen molar-refractivity contribution >= 4 is 17.5 Å². The number of benzene rings is 1. The Bertz CT molecular complexity index is 689. The van der Waals surface area contributed by atoms with Crippen LogP contribution in [0.4, 0.5) is 11.6 Å². The van der Waals surface area contributed by atoms with Gasteiger partial charge in [-0.2, -0.15) is 0 Å². The van der Waals surface area contributed by atoms with Crippen molar-refractivity contribution in [3.8, 4) is 0 Å². The van der Waals surface area contributed by atoms with Crippen molar-refractivity contribution in [1.29, 1.82) is 0 Å². The summed E-state index contributed by atoms with van der Waals surface area (Å²) in [7, 11) is 0. The van der Waals surface area contributed by atoms with E-state index in [0.717, 1.165) is 11.3 Å². The molecule has 0 radical (unpaired) electrons. The van der Waals surface area contributed by atoms with Gasteiger partial charge in [-0.25, -0.2) is 9.97 Å². The first-order chi connectivity index (χ1) is 10.2. The summed E-state index contributed by atoms with van der Waals surface area (Å²) in [5.41, 5.74) is 3.27. The molecule has 0 atom stereocenters. The van der Waals surface area contributed by atoms with Crippen molar-refractivity contribution in [3.63, 3.8) is 0 Å². The van der Waals surface area contributed by atoms with Crippen LogP contribution >= 0.6 is 0 Å². The van der Waals surface area contributed by atoms with Crippen molar-refractivity contribution in [2.24, 2.45) is 0 Å². The molecule has 2 aromatic rings. The molecule has 0 aliphatic heterocycles. The maximum Gasteiger partial charge on any atom is 0.270 e. The van der Waals surface area contributed by atoms with Gasteiger partial charge in [-0.15, -0.1) is 0 Å². The van der Waals surface area contributed by atoms with Crippen LogP contribution in [-0.2, 0) is 0 Å². The minimum absolute atomic E-state index is 0.210. The van der Waals surface area contributed by atoms with E-state index in [1.54, 1.807) is 12.3 Å². The Labute approximate surface area is 131 Å². The highest BCUT2D eigenvalue weighted by molar-refractivity contribution is 5.93. The molecule has 5 heteroatoms. The molecule has 0 saturated carbocycles. The number of hydrogen-bond acceptors (Lipinski definition) is 4. The molecule has 22 heavy (non-hydrogen) atoms. The third-order valence-electron chi connectivity index (χ3n) is 3.01. The number of carbonyl (C=O) groups excluding carboxylic acids is 1. The highest BCUT2D eigenvalue weighted by Crippen LogP contribution is 2.19. The fourth-order valence-electron chi connectivity index (χ4n) is 2.02. The molecule has 0 fully saturated rings. The molecule has 2 N–H and O–H groups in total. The first-order valence-corrected chi connectivity index (χ1v) is 7.24. The van der Waals surface area contributed by atoms with E-state index in [1.165, 1.54) is 5.56 Å². The largest absolute Gasteiger partial charge is 0.346 e. The lowest BCUT2D eigenvalue weighted by Gasteiger charge is -2.20. The molecule has 0 bridgehead atoms. The van der Waals surface area contributed by atoms with Crippen molar-refractivity contribution in [2.75, 3.05) is 5.32 Å². The molecule has 1 amide bonds. The smallest absolute Gasteiger partial charge is 0.270 e. The lowest BCUT2D eigenvalue weighted by Crippen LogP contribution is -2.41. The number of aryl methyl sites for hydroxylation is 2. The maximum atomic E-state index is 12.1. The number of nitrogens with zero attached hydrogens (tertiary/aromatic N) is 2. The van der Waals surface area contributed by atoms with Crippen LogP contribution in [0, 0.1) is 13.8 Å². The monoisotopic (exact) mass is 298 g/mol. The van der Waals surface area contributed by atoms with Crippen LogP contribution in [-0.4, -0.2) is 21.4 Å². The van der Waals surface area contributed by atoms with E-state index < -0.39 is 0 Å². The summed E-state index contributed by atoms with van der Waals surface area (Å²) in [6.07, 6.45) is 1.58. The van der Waals surface area contributed by atoms with E-state index in [9.17, 15) is 4.79 Å². The molecular formula is C17H22N4O. The van der Waals surface area contributed by atoms with E-state index in [-0.39, 0.29) is 11.4 Å². The van der Waals surface area contributed by atoms with E-state index >= 15 is 0 Å². The van der Waals surface area contributed by atoms with Crippen molar-refractivity contribution in [2.45, 2.75) is 40.2 Å². The Kier molecular flexibility index (Phi) is 4.45. The van der Waals surface area contributed by atoms with E-state index in [0.29, 0.717) is 11.6 Å². The second-order valence-electron chi connectivity index (χ2n) is 6.41. The minimum Gasteiger partial charge on any atom is -0.346 e. The SMILES string of the molecule is Cc1ccc(Nc2nccc(C(=O)NC(C)(C)C)n2)c(C)c1. The zero-order valence-electron chi connectivity index (χ0n) is 13.7. The third kappa shape index (κ3) is 4.28. The van der Waals surface area contributed by atoms with Crippen LogP contribution in [0.2, 0.25) is 0 Å². The summed E-state index contributed by atoms with van der Waals surface area (Å²) in [6, 6.07) is 7.69.